The Morgan fingerprint density at radius 2 is 2.25 bits per heavy atom. The minimum absolute atomic E-state index is 0.0544. The maximum atomic E-state index is 10.6. The second-order valence-corrected chi connectivity index (χ2v) is 3.26. The van der Waals surface area contributed by atoms with E-state index in [2.05, 4.69) is 0 Å². The van der Waals surface area contributed by atoms with E-state index < -0.39 is 6.09 Å². The van der Waals surface area contributed by atoms with Crippen LogP contribution in [0.4, 0.5) is 4.79 Å². The maximum absolute atomic E-state index is 10.6. The van der Waals surface area contributed by atoms with Gasteiger partial charge in [-0.05, 0) is 19.8 Å². The summed E-state index contributed by atoms with van der Waals surface area (Å²) in [5.41, 5.74) is 0. The lowest BCUT2D eigenvalue weighted by Crippen LogP contribution is -2.45. The van der Waals surface area contributed by atoms with Crippen molar-refractivity contribution in [3.63, 3.8) is 0 Å². The summed E-state index contributed by atoms with van der Waals surface area (Å²) in [7, 11) is 0. The van der Waals surface area contributed by atoms with E-state index >= 15 is 0 Å². The monoisotopic (exact) mass is 171 g/mol. The molecule has 0 bridgehead atoms. The van der Waals surface area contributed by atoms with Crippen LogP contribution in [0.1, 0.15) is 19.8 Å². The maximum Gasteiger partial charge on any atom is 0.407 e. The van der Waals surface area contributed by atoms with Gasteiger partial charge in [-0.2, -0.15) is 0 Å². The lowest BCUT2D eigenvalue weighted by molar-refractivity contribution is -0.112. The second kappa shape index (κ2) is 3.56. The van der Waals surface area contributed by atoms with Crippen LogP contribution in [0.25, 0.3) is 0 Å². The Morgan fingerprint density at radius 3 is 2.75 bits per heavy atom. The van der Waals surface area contributed by atoms with Gasteiger partial charge in [-0.15, -0.1) is 0 Å². The van der Waals surface area contributed by atoms with Gasteiger partial charge in [0, 0.05) is 18.5 Å². The predicted molar refractivity (Wildman–Crippen MR) is 43.0 cm³/mol. The quantitative estimate of drug-likeness (QED) is 0.598. The van der Waals surface area contributed by atoms with Crippen LogP contribution in [0.15, 0.2) is 0 Å². The van der Waals surface area contributed by atoms with Gasteiger partial charge in [0.05, 0.1) is 0 Å². The molecule has 1 heterocycles. The van der Waals surface area contributed by atoms with Crippen molar-refractivity contribution >= 4 is 12.4 Å². The van der Waals surface area contributed by atoms with E-state index in [0.29, 0.717) is 6.54 Å². The molecule has 0 aromatic heterocycles. The van der Waals surface area contributed by atoms with Crippen LogP contribution in [0.5, 0.6) is 0 Å². The lowest BCUT2D eigenvalue weighted by Gasteiger charge is -2.33. The summed E-state index contributed by atoms with van der Waals surface area (Å²) in [6, 6.07) is 0.0544. The van der Waals surface area contributed by atoms with Crippen LogP contribution >= 0.6 is 0 Å². The molecule has 1 N–H and O–H groups in total. The number of likely N-dealkylation sites (tertiary alicyclic amines) is 1. The zero-order valence-corrected chi connectivity index (χ0v) is 7.06. The van der Waals surface area contributed by atoms with Gasteiger partial charge in [-0.1, -0.05) is 0 Å². The van der Waals surface area contributed by atoms with Crippen LogP contribution in [0.2, 0.25) is 0 Å². The number of amides is 1. The lowest BCUT2D eigenvalue weighted by atomic mass is 9.95. The molecular weight excluding hydrogens is 158 g/mol. The molecule has 0 aliphatic carbocycles. The minimum atomic E-state index is -0.922. The molecule has 1 aliphatic rings. The largest absolute Gasteiger partial charge is 0.465 e. The summed E-state index contributed by atoms with van der Waals surface area (Å²) in [6.45, 7) is 2.23. The first-order chi connectivity index (χ1) is 5.65. The molecule has 1 fully saturated rings. The number of hydrogen-bond acceptors (Lipinski definition) is 2. The fraction of sp³-hybridized carbons (Fsp3) is 0.750. The molecule has 1 saturated heterocycles. The third-order valence-corrected chi connectivity index (χ3v) is 2.36. The molecule has 1 aliphatic heterocycles. The number of nitrogens with zero attached hydrogens (tertiary/aromatic N) is 1. The highest BCUT2D eigenvalue weighted by Crippen LogP contribution is 2.20. The molecule has 4 nitrogen and oxygen atoms in total. The highest BCUT2D eigenvalue weighted by Gasteiger charge is 2.28. The predicted octanol–water partition coefficient (Wildman–Crippen LogP) is 0.964. The summed E-state index contributed by atoms with van der Waals surface area (Å²) in [5, 5.41) is 8.73. The van der Waals surface area contributed by atoms with E-state index in [1.165, 1.54) is 4.90 Å². The van der Waals surface area contributed by atoms with Crippen LogP contribution in [0.3, 0.4) is 0 Å². The molecule has 1 amide bonds. The minimum Gasteiger partial charge on any atom is -0.465 e. The first-order valence-corrected chi connectivity index (χ1v) is 4.10. The van der Waals surface area contributed by atoms with Crippen molar-refractivity contribution in [2.75, 3.05) is 6.54 Å². The first kappa shape index (κ1) is 9.03. The first-order valence-electron chi connectivity index (χ1n) is 4.10. The molecule has 4 heteroatoms. The average molecular weight is 171 g/mol. The van der Waals surface area contributed by atoms with Crippen LogP contribution < -0.4 is 0 Å². The third kappa shape index (κ3) is 1.75. The molecule has 68 valence electrons. The molecule has 2 unspecified atom stereocenters. The number of carbonyl (C=O) groups is 2. The zero-order chi connectivity index (χ0) is 9.14. The van der Waals surface area contributed by atoms with Crippen molar-refractivity contribution in [2.45, 2.75) is 25.8 Å². The highest BCUT2D eigenvalue weighted by atomic mass is 16.4. The summed E-state index contributed by atoms with van der Waals surface area (Å²) < 4.78 is 0. The topological polar surface area (TPSA) is 57.6 Å². The number of aldehydes is 1. The Hall–Kier alpha value is -1.06. The molecule has 0 aromatic rings. The van der Waals surface area contributed by atoms with Gasteiger partial charge in [0.15, 0.2) is 0 Å². The van der Waals surface area contributed by atoms with Crippen LogP contribution in [-0.2, 0) is 4.79 Å². The van der Waals surface area contributed by atoms with Gasteiger partial charge in [0.25, 0.3) is 0 Å². The SMILES string of the molecule is CC1CCC(C=O)CN1C(=O)O. The van der Waals surface area contributed by atoms with Crippen molar-refractivity contribution in [3.05, 3.63) is 0 Å². The Balaban J connectivity index is 2.58. The van der Waals surface area contributed by atoms with Crippen molar-refractivity contribution in [1.82, 2.24) is 4.90 Å². The molecular formula is C8H13NO3. The van der Waals surface area contributed by atoms with E-state index in [4.69, 9.17) is 5.11 Å². The number of carbonyl (C=O) groups excluding carboxylic acids is 1. The molecule has 1 rings (SSSR count). The number of hydrogen-bond donors (Lipinski definition) is 1. The number of rotatable bonds is 1. The summed E-state index contributed by atoms with van der Waals surface area (Å²) in [4.78, 5) is 22.4. The van der Waals surface area contributed by atoms with E-state index in [1.54, 1.807) is 0 Å². The van der Waals surface area contributed by atoms with Gasteiger partial charge in [-0.3, -0.25) is 0 Å². The normalized spacial score (nSPS) is 29.9. The Morgan fingerprint density at radius 1 is 1.58 bits per heavy atom. The molecule has 0 radical (unpaired) electrons. The summed E-state index contributed by atoms with van der Waals surface area (Å²) in [5.74, 6) is -0.0997. The highest BCUT2D eigenvalue weighted by molar-refractivity contribution is 5.66. The van der Waals surface area contributed by atoms with E-state index in [9.17, 15) is 9.59 Å². The number of piperidine rings is 1. The molecule has 2 atom stereocenters. The van der Waals surface area contributed by atoms with Gasteiger partial charge in [0.2, 0.25) is 0 Å². The van der Waals surface area contributed by atoms with Crippen LogP contribution in [-0.4, -0.2) is 35.0 Å². The third-order valence-electron chi connectivity index (χ3n) is 2.36. The van der Waals surface area contributed by atoms with Gasteiger partial charge in [-0.25, -0.2) is 4.79 Å². The van der Waals surface area contributed by atoms with E-state index in [-0.39, 0.29) is 12.0 Å². The molecule has 0 spiro atoms. The number of carboxylic acid groups (broad SMARTS) is 1. The second-order valence-electron chi connectivity index (χ2n) is 3.26. The van der Waals surface area contributed by atoms with Crippen molar-refractivity contribution in [1.29, 1.82) is 0 Å². The Bertz CT molecular complexity index is 193. The molecule has 0 aromatic carbocycles. The van der Waals surface area contributed by atoms with Gasteiger partial charge < -0.3 is 14.8 Å². The van der Waals surface area contributed by atoms with Crippen molar-refractivity contribution in [3.8, 4) is 0 Å². The fourth-order valence-electron chi connectivity index (χ4n) is 1.51. The molecule has 0 saturated carbocycles. The Labute approximate surface area is 71.2 Å². The summed E-state index contributed by atoms with van der Waals surface area (Å²) in [6.07, 6.45) is 1.53. The smallest absolute Gasteiger partial charge is 0.407 e. The van der Waals surface area contributed by atoms with Gasteiger partial charge >= 0.3 is 6.09 Å². The standard InChI is InChI=1S/C8H13NO3/c1-6-2-3-7(5-10)4-9(6)8(11)12/h5-7H,2-4H2,1H3,(H,11,12). The zero-order valence-electron chi connectivity index (χ0n) is 7.06. The van der Waals surface area contributed by atoms with Crippen LogP contribution in [0, 0.1) is 5.92 Å². The van der Waals surface area contributed by atoms with Crippen molar-refractivity contribution in [2.24, 2.45) is 5.92 Å². The van der Waals surface area contributed by atoms with E-state index in [1.807, 2.05) is 6.92 Å². The van der Waals surface area contributed by atoms with E-state index in [0.717, 1.165) is 19.1 Å². The fourth-order valence-corrected chi connectivity index (χ4v) is 1.51. The molecule has 12 heavy (non-hydrogen) atoms. The van der Waals surface area contributed by atoms with Gasteiger partial charge in [0.1, 0.15) is 6.29 Å². The Kier molecular flexibility index (Phi) is 2.68. The van der Waals surface area contributed by atoms with Crippen molar-refractivity contribution < 1.29 is 14.7 Å². The average Bonchev–Trinajstić information content (AvgIpc) is 2.05. The summed E-state index contributed by atoms with van der Waals surface area (Å²) >= 11 is 0.